The summed E-state index contributed by atoms with van der Waals surface area (Å²) in [6, 6.07) is 2.39. The molecule has 0 unspecified atom stereocenters. The monoisotopic (exact) mass is 300 g/mol. The first-order valence-electron chi connectivity index (χ1n) is 5.31. The molecule has 10 heteroatoms. The molecule has 1 aromatic carbocycles. The molecular formula is C10H9FN4O4S. The van der Waals surface area contributed by atoms with Gasteiger partial charge in [-0.15, -0.1) is 0 Å². The van der Waals surface area contributed by atoms with Gasteiger partial charge in [0.1, 0.15) is 0 Å². The molecule has 0 amide bonds. The van der Waals surface area contributed by atoms with E-state index in [0.717, 1.165) is 12.1 Å². The predicted molar refractivity (Wildman–Crippen MR) is 65.7 cm³/mol. The van der Waals surface area contributed by atoms with Gasteiger partial charge in [0.05, 0.1) is 16.0 Å². The van der Waals surface area contributed by atoms with Gasteiger partial charge in [-0.05, 0) is 6.07 Å². The van der Waals surface area contributed by atoms with Crippen molar-refractivity contribution in [1.29, 1.82) is 0 Å². The smallest absolute Gasteiger partial charge is 0.285 e. The highest BCUT2D eigenvalue weighted by Crippen LogP contribution is 2.20. The first-order valence-corrected chi connectivity index (χ1v) is 6.80. The highest BCUT2D eigenvalue weighted by atomic mass is 32.2. The maximum atomic E-state index is 13.4. The third-order valence-electron chi connectivity index (χ3n) is 2.45. The Morgan fingerprint density at radius 2 is 2.20 bits per heavy atom. The van der Waals surface area contributed by atoms with E-state index in [0.29, 0.717) is 11.6 Å². The van der Waals surface area contributed by atoms with E-state index in [2.05, 4.69) is 14.9 Å². The number of nitro benzene ring substituents is 1. The van der Waals surface area contributed by atoms with E-state index in [9.17, 15) is 22.9 Å². The van der Waals surface area contributed by atoms with E-state index < -0.39 is 26.5 Å². The zero-order chi connectivity index (χ0) is 14.8. The van der Waals surface area contributed by atoms with Crippen molar-refractivity contribution in [2.24, 2.45) is 0 Å². The van der Waals surface area contributed by atoms with Crippen LogP contribution in [0.5, 0.6) is 0 Å². The summed E-state index contributed by atoms with van der Waals surface area (Å²) in [6.07, 6.45) is 2.93. The number of H-pyrrole nitrogens is 1. The van der Waals surface area contributed by atoms with E-state index in [1.165, 1.54) is 12.4 Å². The summed E-state index contributed by atoms with van der Waals surface area (Å²) in [5.74, 6) is -1.21. The second kappa shape index (κ2) is 5.35. The molecule has 2 aromatic rings. The first kappa shape index (κ1) is 14.1. The zero-order valence-electron chi connectivity index (χ0n) is 9.91. The molecule has 106 valence electrons. The Morgan fingerprint density at radius 3 is 2.75 bits per heavy atom. The molecule has 1 heterocycles. The molecular weight excluding hydrogens is 291 g/mol. The van der Waals surface area contributed by atoms with Crippen LogP contribution in [0, 0.1) is 15.9 Å². The van der Waals surface area contributed by atoms with Crippen molar-refractivity contribution >= 4 is 15.7 Å². The summed E-state index contributed by atoms with van der Waals surface area (Å²) in [5.41, 5.74) is -0.185. The molecule has 0 aliphatic rings. The third kappa shape index (κ3) is 2.97. The fourth-order valence-electron chi connectivity index (χ4n) is 1.44. The lowest BCUT2D eigenvalue weighted by atomic mass is 10.3. The molecule has 2 N–H and O–H groups in total. The minimum absolute atomic E-state index is 0.0303. The van der Waals surface area contributed by atoms with E-state index in [-0.39, 0.29) is 11.4 Å². The second-order valence-electron chi connectivity index (χ2n) is 3.80. The number of hydrogen-bond donors (Lipinski definition) is 2. The minimum atomic E-state index is -3.96. The lowest BCUT2D eigenvalue weighted by Gasteiger charge is -2.05. The molecule has 0 aliphatic carbocycles. The van der Waals surface area contributed by atoms with E-state index in [1.54, 1.807) is 0 Å². The molecule has 0 bridgehead atoms. The molecule has 0 saturated carbocycles. The van der Waals surface area contributed by atoms with Crippen molar-refractivity contribution in [3.63, 3.8) is 0 Å². The predicted octanol–water partition coefficient (Wildman–Crippen LogP) is 0.935. The Hall–Kier alpha value is -2.33. The molecule has 20 heavy (non-hydrogen) atoms. The minimum Gasteiger partial charge on any atom is -0.285 e. The van der Waals surface area contributed by atoms with Crippen LogP contribution in [0.1, 0.15) is 5.56 Å². The van der Waals surface area contributed by atoms with Crippen LogP contribution in [-0.2, 0) is 16.6 Å². The van der Waals surface area contributed by atoms with Crippen molar-refractivity contribution in [2.45, 2.75) is 11.4 Å². The summed E-state index contributed by atoms with van der Waals surface area (Å²) < 4.78 is 39.4. The van der Waals surface area contributed by atoms with Crippen LogP contribution in [0.4, 0.5) is 10.1 Å². The van der Waals surface area contributed by atoms with Crippen molar-refractivity contribution in [1.82, 2.24) is 14.9 Å². The maximum absolute atomic E-state index is 13.4. The van der Waals surface area contributed by atoms with Crippen molar-refractivity contribution in [2.75, 3.05) is 0 Å². The molecule has 0 spiro atoms. The number of hydrogen-bond acceptors (Lipinski definition) is 5. The lowest BCUT2D eigenvalue weighted by molar-refractivity contribution is -0.387. The average Bonchev–Trinajstić information content (AvgIpc) is 2.89. The van der Waals surface area contributed by atoms with Crippen LogP contribution in [0.15, 0.2) is 35.5 Å². The van der Waals surface area contributed by atoms with Crippen LogP contribution < -0.4 is 4.72 Å². The van der Waals surface area contributed by atoms with Gasteiger partial charge < -0.3 is 0 Å². The van der Waals surface area contributed by atoms with Gasteiger partial charge in [-0.1, -0.05) is 0 Å². The fraction of sp³-hybridized carbons (Fsp3) is 0.100. The molecule has 0 aliphatic heterocycles. The first-order chi connectivity index (χ1) is 9.40. The van der Waals surface area contributed by atoms with Crippen LogP contribution in [0.3, 0.4) is 0 Å². The van der Waals surface area contributed by atoms with Gasteiger partial charge in [0.15, 0.2) is 0 Å². The topological polar surface area (TPSA) is 118 Å². The van der Waals surface area contributed by atoms with Gasteiger partial charge in [0.2, 0.25) is 15.8 Å². The quantitative estimate of drug-likeness (QED) is 0.629. The number of benzene rings is 1. The number of nitrogens with one attached hydrogen (secondary N) is 2. The fourth-order valence-corrected chi connectivity index (χ4v) is 2.47. The van der Waals surface area contributed by atoms with Gasteiger partial charge in [-0.2, -0.15) is 9.49 Å². The van der Waals surface area contributed by atoms with E-state index in [1.807, 2.05) is 0 Å². The Balaban J connectivity index is 2.21. The largest absolute Gasteiger partial charge is 0.304 e. The molecule has 8 nitrogen and oxygen atoms in total. The summed E-state index contributed by atoms with van der Waals surface area (Å²) in [4.78, 5) is 9.14. The standard InChI is InChI=1S/C10H9FN4O4S/c11-9-3-8(1-2-10(9)15(16)17)20(18,19)14-6-7-4-12-13-5-7/h1-5,14H,6H2,(H,12,13). The molecule has 0 radical (unpaired) electrons. The Labute approximate surface area is 112 Å². The van der Waals surface area contributed by atoms with Crippen molar-refractivity contribution in [3.05, 3.63) is 52.1 Å². The van der Waals surface area contributed by atoms with Crippen LogP contribution in [0.25, 0.3) is 0 Å². The van der Waals surface area contributed by atoms with Gasteiger partial charge >= 0.3 is 5.69 Å². The number of nitro groups is 1. The lowest BCUT2D eigenvalue weighted by Crippen LogP contribution is -2.23. The summed E-state index contributed by atoms with van der Waals surface area (Å²) in [7, 11) is -3.96. The number of rotatable bonds is 5. The van der Waals surface area contributed by atoms with Crippen molar-refractivity contribution < 1.29 is 17.7 Å². The molecule has 2 rings (SSSR count). The Bertz CT molecular complexity index is 730. The number of halogens is 1. The SMILES string of the molecule is O=[N+]([O-])c1ccc(S(=O)(=O)NCc2cn[nH]c2)cc1F. The summed E-state index contributed by atoms with van der Waals surface area (Å²) in [5, 5.41) is 16.6. The zero-order valence-corrected chi connectivity index (χ0v) is 10.7. The van der Waals surface area contributed by atoms with Crippen LogP contribution >= 0.6 is 0 Å². The van der Waals surface area contributed by atoms with E-state index >= 15 is 0 Å². The van der Waals surface area contributed by atoms with Gasteiger partial charge in [-0.25, -0.2) is 13.1 Å². The summed E-state index contributed by atoms with van der Waals surface area (Å²) in [6.45, 7) is -0.0303. The van der Waals surface area contributed by atoms with Crippen LogP contribution in [0.2, 0.25) is 0 Å². The van der Waals surface area contributed by atoms with Crippen LogP contribution in [-0.4, -0.2) is 23.5 Å². The highest BCUT2D eigenvalue weighted by Gasteiger charge is 2.20. The average molecular weight is 300 g/mol. The Morgan fingerprint density at radius 1 is 1.45 bits per heavy atom. The number of sulfonamides is 1. The van der Waals surface area contributed by atoms with Gasteiger partial charge in [0.25, 0.3) is 0 Å². The second-order valence-corrected chi connectivity index (χ2v) is 5.57. The number of aromatic amines is 1. The molecule has 0 atom stereocenters. The Kier molecular flexibility index (Phi) is 3.77. The third-order valence-corrected chi connectivity index (χ3v) is 3.85. The van der Waals surface area contributed by atoms with E-state index in [4.69, 9.17) is 0 Å². The van der Waals surface area contributed by atoms with Crippen molar-refractivity contribution in [3.8, 4) is 0 Å². The normalized spacial score (nSPS) is 11.4. The number of aromatic nitrogens is 2. The molecule has 0 saturated heterocycles. The van der Waals surface area contributed by atoms with Gasteiger partial charge in [-0.3, -0.25) is 15.2 Å². The summed E-state index contributed by atoms with van der Waals surface area (Å²) >= 11 is 0. The highest BCUT2D eigenvalue weighted by molar-refractivity contribution is 7.89. The molecule has 0 fully saturated rings. The van der Waals surface area contributed by atoms with Gasteiger partial charge in [0, 0.05) is 30.4 Å². The number of nitrogens with zero attached hydrogens (tertiary/aromatic N) is 2. The maximum Gasteiger partial charge on any atom is 0.304 e. The molecule has 1 aromatic heterocycles.